The van der Waals surface area contributed by atoms with Gasteiger partial charge in [0.15, 0.2) is 5.65 Å². The summed E-state index contributed by atoms with van der Waals surface area (Å²) in [6.07, 6.45) is 3.44. The quantitative estimate of drug-likeness (QED) is 0.764. The number of amides is 1. The Morgan fingerprint density at radius 1 is 1.19 bits per heavy atom. The average Bonchev–Trinajstić information content (AvgIpc) is 3.06. The van der Waals surface area contributed by atoms with E-state index in [0.29, 0.717) is 28.9 Å². The van der Waals surface area contributed by atoms with Crippen LogP contribution in [0.1, 0.15) is 12.8 Å². The summed E-state index contributed by atoms with van der Waals surface area (Å²) < 4.78 is 14.8. The van der Waals surface area contributed by atoms with Gasteiger partial charge in [0, 0.05) is 25.0 Å². The number of piperidine rings is 1. The first-order chi connectivity index (χ1) is 12.6. The van der Waals surface area contributed by atoms with Crippen LogP contribution in [-0.2, 0) is 4.79 Å². The molecule has 1 amide bonds. The number of rotatable bonds is 3. The third kappa shape index (κ3) is 3.35. The first kappa shape index (κ1) is 16.8. The number of fused-ring (bicyclic) bond motifs is 1. The van der Waals surface area contributed by atoms with Crippen molar-refractivity contribution in [2.24, 2.45) is 5.92 Å². The number of nitrogens with one attached hydrogen (secondary N) is 1. The fourth-order valence-electron chi connectivity index (χ4n) is 3.22. The van der Waals surface area contributed by atoms with Crippen molar-refractivity contribution in [3.8, 4) is 0 Å². The van der Waals surface area contributed by atoms with Crippen LogP contribution in [0.25, 0.3) is 5.65 Å². The fraction of sp³-hybridized carbons (Fsp3) is 0.278. The predicted octanol–water partition coefficient (Wildman–Crippen LogP) is 3.38. The van der Waals surface area contributed by atoms with Crippen LogP contribution in [0.2, 0.25) is 5.02 Å². The minimum Gasteiger partial charge on any atom is -0.340 e. The third-order valence-electron chi connectivity index (χ3n) is 4.54. The molecular formula is C18H17ClFN5O. The number of carbonyl (C=O) groups is 1. The molecule has 1 N–H and O–H groups in total. The van der Waals surface area contributed by atoms with Crippen LogP contribution in [0.4, 0.5) is 16.0 Å². The van der Waals surface area contributed by atoms with E-state index in [1.807, 2.05) is 10.5 Å². The Balaban J connectivity index is 1.50. The van der Waals surface area contributed by atoms with Crippen LogP contribution < -0.4 is 10.2 Å². The number of hydrogen-bond acceptors (Lipinski definition) is 4. The van der Waals surface area contributed by atoms with E-state index >= 15 is 0 Å². The first-order valence-corrected chi connectivity index (χ1v) is 8.79. The zero-order valence-electron chi connectivity index (χ0n) is 13.9. The SMILES string of the molecule is O=C(Nc1ccc(F)cc1)[C@@H]1CCCN(c2nnc3ccc(Cl)cn23)C1. The summed E-state index contributed by atoms with van der Waals surface area (Å²) in [5.74, 6) is 0.0967. The van der Waals surface area contributed by atoms with Crippen molar-refractivity contribution >= 4 is 34.8 Å². The molecule has 134 valence electrons. The Labute approximate surface area is 154 Å². The Kier molecular flexibility index (Phi) is 4.46. The van der Waals surface area contributed by atoms with Crippen molar-refractivity contribution in [1.29, 1.82) is 0 Å². The lowest BCUT2D eigenvalue weighted by molar-refractivity contribution is -0.120. The maximum absolute atomic E-state index is 13.0. The van der Waals surface area contributed by atoms with Crippen LogP contribution in [0.15, 0.2) is 42.6 Å². The summed E-state index contributed by atoms with van der Waals surface area (Å²) >= 11 is 6.08. The van der Waals surface area contributed by atoms with Gasteiger partial charge in [-0.05, 0) is 49.2 Å². The van der Waals surface area contributed by atoms with Gasteiger partial charge in [-0.3, -0.25) is 9.20 Å². The van der Waals surface area contributed by atoms with Gasteiger partial charge in [0.1, 0.15) is 5.82 Å². The van der Waals surface area contributed by atoms with Gasteiger partial charge in [-0.2, -0.15) is 0 Å². The van der Waals surface area contributed by atoms with Crippen molar-refractivity contribution in [3.05, 3.63) is 53.4 Å². The molecule has 0 spiro atoms. The molecule has 2 aromatic heterocycles. The maximum atomic E-state index is 13.0. The van der Waals surface area contributed by atoms with Crippen molar-refractivity contribution < 1.29 is 9.18 Å². The molecular weight excluding hydrogens is 357 g/mol. The van der Waals surface area contributed by atoms with Crippen LogP contribution in [0.5, 0.6) is 0 Å². The molecule has 1 fully saturated rings. The number of benzene rings is 1. The Bertz CT molecular complexity index is 942. The van der Waals surface area contributed by atoms with Crippen molar-refractivity contribution in [3.63, 3.8) is 0 Å². The molecule has 1 aromatic carbocycles. The van der Waals surface area contributed by atoms with Crippen molar-refractivity contribution in [1.82, 2.24) is 14.6 Å². The summed E-state index contributed by atoms with van der Waals surface area (Å²) in [6, 6.07) is 9.35. The molecule has 0 aliphatic carbocycles. The first-order valence-electron chi connectivity index (χ1n) is 8.42. The Morgan fingerprint density at radius 3 is 2.81 bits per heavy atom. The molecule has 3 aromatic rings. The van der Waals surface area contributed by atoms with E-state index in [-0.39, 0.29) is 17.6 Å². The summed E-state index contributed by atoms with van der Waals surface area (Å²) in [5.41, 5.74) is 1.30. The van der Waals surface area contributed by atoms with Crippen LogP contribution in [-0.4, -0.2) is 33.6 Å². The molecule has 1 aliphatic heterocycles. The number of pyridine rings is 1. The summed E-state index contributed by atoms with van der Waals surface area (Å²) in [6.45, 7) is 1.34. The highest BCUT2D eigenvalue weighted by Crippen LogP contribution is 2.24. The lowest BCUT2D eigenvalue weighted by atomic mass is 9.97. The van der Waals surface area contributed by atoms with Gasteiger partial charge in [0.2, 0.25) is 11.9 Å². The molecule has 0 bridgehead atoms. The van der Waals surface area contributed by atoms with E-state index in [9.17, 15) is 9.18 Å². The van der Waals surface area contributed by atoms with Crippen LogP contribution >= 0.6 is 11.6 Å². The molecule has 0 radical (unpaired) electrons. The predicted molar refractivity (Wildman–Crippen MR) is 98.0 cm³/mol. The number of halogens is 2. The van der Waals surface area contributed by atoms with E-state index in [2.05, 4.69) is 20.4 Å². The number of nitrogens with zero attached hydrogens (tertiary/aromatic N) is 4. The van der Waals surface area contributed by atoms with Gasteiger partial charge in [-0.15, -0.1) is 10.2 Å². The smallest absolute Gasteiger partial charge is 0.231 e. The topological polar surface area (TPSA) is 62.5 Å². The second-order valence-electron chi connectivity index (χ2n) is 6.36. The molecule has 1 saturated heterocycles. The number of aromatic nitrogens is 3. The van der Waals surface area contributed by atoms with Crippen LogP contribution in [0, 0.1) is 11.7 Å². The van der Waals surface area contributed by atoms with E-state index in [0.717, 1.165) is 19.4 Å². The molecule has 3 heterocycles. The highest BCUT2D eigenvalue weighted by atomic mass is 35.5. The van der Waals surface area contributed by atoms with Gasteiger partial charge in [-0.1, -0.05) is 11.6 Å². The highest BCUT2D eigenvalue weighted by molar-refractivity contribution is 6.30. The lowest BCUT2D eigenvalue weighted by Crippen LogP contribution is -2.41. The minimum absolute atomic E-state index is 0.0758. The molecule has 1 aliphatic rings. The molecule has 26 heavy (non-hydrogen) atoms. The molecule has 4 rings (SSSR count). The Morgan fingerprint density at radius 2 is 2.00 bits per heavy atom. The number of carbonyl (C=O) groups excluding carboxylic acids is 1. The van der Waals surface area contributed by atoms with E-state index in [1.165, 1.54) is 12.1 Å². The van der Waals surface area contributed by atoms with Crippen LogP contribution in [0.3, 0.4) is 0 Å². The molecule has 6 nitrogen and oxygen atoms in total. The van der Waals surface area contributed by atoms with Gasteiger partial charge in [-0.25, -0.2) is 4.39 Å². The maximum Gasteiger partial charge on any atom is 0.231 e. The average molecular weight is 374 g/mol. The summed E-state index contributed by atoms with van der Waals surface area (Å²) in [7, 11) is 0. The lowest BCUT2D eigenvalue weighted by Gasteiger charge is -2.32. The molecule has 0 saturated carbocycles. The van der Waals surface area contributed by atoms with Gasteiger partial charge in [0.25, 0.3) is 0 Å². The molecule has 8 heteroatoms. The van der Waals surface area contributed by atoms with E-state index in [4.69, 9.17) is 11.6 Å². The van der Waals surface area contributed by atoms with E-state index in [1.54, 1.807) is 24.4 Å². The molecule has 1 atom stereocenters. The summed E-state index contributed by atoms with van der Waals surface area (Å²) in [4.78, 5) is 14.6. The highest BCUT2D eigenvalue weighted by Gasteiger charge is 2.28. The summed E-state index contributed by atoms with van der Waals surface area (Å²) in [5, 5.41) is 11.9. The minimum atomic E-state index is -0.329. The normalized spacial score (nSPS) is 17.5. The second kappa shape index (κ2) is 6.92. The van der Waals surface area contributed by atoms with Gasteiger partial charge < -0.3 is 10.2 Å². The fourth-order valence-corrected chi connectivity index (χ4v) is 3.38. The zero-order chi connectivity index (χ0) is 18.1. The third-order valence-corrected chi connectivity index (χ3v) is 4.76. The second-order valence-corrected chi connectivity index (χ2v) is 6.79. The van der Waals surface area contributed by atoms with Gasteiger partial charge in [0.05, 0.1) is 10.9 Å². The van der Waals surface area contributed by atoms with Gasteiger partial charge >= 0.3 is 0 Å². The number of hydrogen-bond donors (Lipinski definition) is 1. The monoisotopic (exact) mass is 373 g/mol. The molecule has 0 unspecified atom stereocenters. The van der Waals surface area contributed by atoms with Crippen molar-refractivity contribution in [2.75, 3.05) is 23.3 Å². The standard InChI is InChI=1S/C18H17ClFN5O/c19-13-3-8-16-22-23-18(25(16)11-13)24-9-1-2-12(10-24)17(26)21-15-6-4-14(20)5-7-15/h3-8,11-12H,1-2,9-10H2,(H,21,26)/t12-/m1/s1. The van der Waals surface area contributed by atoms with Crippen molar-refractivity contribution in [2.45, 2.75) is 12.8 Å². The zero-order valence-corrected chi connectivity index (χ0v) is 14.7. The number of anilines is 2. The largest absolute Gasteiger partial charge is 0.340 e. The van der Waals surface area contributed by atoms with E-state index < -0.39 is 0 Å². The Hall–Kier alpha value is -2.67.